The number of nitrogens with zero attached hydrogens (tertiary/aromatic N) is 3. The van der Waals surface area contributed by atoms with Crippen molar-refractivity contribution in [3.8, 4) is 0 Å². The number of aromatic nitrogens is 1. The first-order valence-corrected chi connectivity index (χ1v) is 11.1. The number of rotatable bonds is 6. The summed E-state index contributed by atoms with van der Waals surface area (Å²) in [6.45, 7) is 6.78. The third-order valence-corrected chi connectivity index (χ3v) is 6.74. The van der Waals surface area contributed by atoms with E-state index in [1.165, 1.54) is 9.21 Å². The first-order chi connectivity index (χ1) is 14.5. The van der Waals surface area contributed by atoms with E-state index < -0.39 is 16.1 Å². The summed E-state index contributed by atoms with van der Waals surface area (Å²) in [6.07, 6.45) is 8.27. The number of benzene rings is 1. The van der Waals surface area contributed by atoms with Crippen molar-refractivity contribution in [1.29, 1.82) is 0 Å². The summed E-state index contributed by atoms with van der Waals surface area (Å²) in [5.74, 6) is 0. The fraction of sp³-hybridized carbons (Fsp3) is 0.273. The van der Waals surface area contributed by atoms with Gasteiger partial charge >= 0.3 is 6.09 Å². The predicted octanol–water partition coefficient (Wildman–Crippen LogP) is 3.40. The molecule has 7 nitrogen and oxygen atoms in total. The summed E-state index contributed by atoms with van der Waals surface area (Å²) in [7, 11) is -3.66. The maximum absolute atomic E-state index is 13.0. The molecule has 1 aromatic carbocycles. The molecule has 0 unspecified atom stereocenters. The lowest BCUT2D eigenvalue weighted by Crippen LogP contribution is -2.50. The summed E-state index contributed by atoms with van der Waals surface area (Å²) in [6, 6.07) is 8.61. The number of sulfonamides is 1. The van der Waals surface area contributed by atoms with Crippen LogP contribution < -0.4 is 0 Å². The van der Waals surface area contributed by atoms with Gasteiger partial charge in [0.05, 0.1) is 4.90 Å². The Morgan fingerprint density at radius 2 is 1.97 bits per heavy atom. The normalized spacial score (nSPS) is 15.3. The van der Waals surface area contributed by atoms with Gasteiger partial charge in [-0.1, -0.05) is 36.9 Å². The molecule has 1 amide bonds. The highest BCUT2D eigenvalue weighted by atomic mass is 32.2. The molecule has 1 aliphatic heterocycles. The van der Waals surface area contributed by atoms with Gasteiger partial charge in [0.1, 0.15) is 6.61 Å². The van der Waals surface area contributed by atoms with Gasteiger partial charge in [0, 0.05) is 44.1 Å². The largest absolute Gasteiger partial charge is 0.444 e. The van der Waals surface area contributed by atoms with Gasteiger partial charge in [0.25, 0.3) is 0 Å². The van der Waals surface area contributed by atoms with Crippen molar-refractivity contribution in [1.82, 2.24) is 14.2 Å². The average molecular weight is 428 g/mol. The fourth-order valence-corrected chi connectivity index (χ4v) is 4.66. The first-order valence-electron chi connectivity index (χ1n) is 9.65. The molecule has 0 radical (unpaired) electrons. The summed E-state index contributed by atoms with van der Waals surface area (Å²) in [4.78, 5) is 18.0. The zero-order valence-corrected chi connectivity index (χ0v) is 17.7. The lowest BCUT2D eigenvalue weighted by atomic mass is 10.1. The third kappa shape index (κ3) is 4.95. The van der Waals surface area contributed by atoms with E-state index in [9.17, 15) is 13.2 Å². The van der Waals surface area contributed by atoms with E-state index in [-0.39, 0.29) is 37.7 Å². The van der Waals surface area contributed by atoms with E-state index in [0.717, 1.165) is 16.7 Å². The Labute approximate surface area is 177 Å². The molecular weight excluding hydrogens is 402 g/mol. The average Bonchev–Trinajstić information content (AvgIpc) is 2.78. The van der Waals surface area contributed by atoms with Gasteiger partial charge in [0.2, 0.25) is 10.0 Å². The Hall–Kier alpha value is -2.97. The van der Waals surface area contributed by atoms with E-state index in [0.29, 0.717) is 0 Å². The summed E-state index contributed by atoms with van der Waals surface area (Å²) in [5.41, 5.74) is 2.46. The Kier molecular flexibility index (Phi) is 7.02. The number of amides is 1. The predicted molar refractivity (Wildman–Crippen MR) is 116 cm³/mol. The molecule has 0 aliphatic carbocycles. The second-order valence-corrected chi connectivity index (χ2v) is 8.74. The van der Waals surface area contributed by atoms with Crippen molar-refractivity contribution in [2.75, 3.05) is 26.2 Å². The molecule has 0 atom stereocenters. The number of hydrogen-bond acceptors (Lipinski definition) is 5. The van der Waals surface area contributed by atoms with Crippen molar-refractivity contribution in [3.63, 3.8) is 0 Å². The van der Waals surface area contributed by atoms with E-state index in [4.69, 9.17) is 4.74 Å². The number of allylic oxidation sites excluding steroid dienone is 1. The number of piperazine rings is 1. The van der Waals surface area contributed by atoms with Crippen LogP contribution in [-0.2, 0) is 21.4 Å². The van der Waals surface area contributed by atoms with Crippen LogP contribution in [0.3, 0.4) is 0 Å². The second-order valence-electron chi connectivity index (χ2n) is 6.80. The summed E-state index contributed by atoms with van der Waals surface area (Å²) >= 11 is 0. The highest BCUT2D eigenvalue weighted by Gasteiger charge is 2.31. The van der Waals surface area contributed by atoms with Gasteiger partial charge in [-0.2, -0.15) is 4.31 Å². The zero-order chi connectivity index (χ0) is 21.6. The van der Waals surface area contributed by atoms with Gasteiger partial charge in [-0.3, -0.25) is 4.98 Å². The van der Waals surface area contributed by atoms with Crippen LogP contribution in [0.2, 0.25) is 0 Å². The second kappa shape index (κ2) is 9.69. The highest BCUT2D eigenvalue weighted by molar-refractivity contribution is 7.89. The molecule has 2 aromatic rings. The minimum Gasteiger partial charge on any atom is -0.444 e. The Balaban J connectivity index is 1.62. The number of carbonyl (C=O) groups excluding carboxylic acids is 1. The van der Waals surface area contributed by atoms with Gasteiger partial charge in [-0.25, -0.2) is 13.2 Å². The van der Waals surface area contributed by atoms with Crippen LogP contribution in [0.25, 0.3) is 12.2 Å². The van der Waals surface area contributed by atoms with Gasteiger partial charge in [-0.15, -0.1) is 0 Å². The van der Waals surface area contributed by atoms with Crippen LogP contribution in [0.1, 0.15) is 23.6 Å². The topological polar surface area (TPSA) is 79.8 Å². The van der Waals surface area contributed by atoms with E-state index in [1.807, 2.05) is 25.1 Å². The molecule has 1 saturated heterocycles. The monoisotopic (exact) mass is 427 g/mol. The highest BCUT2D eigenvalue weighted by Crippen LogP contribution is 2.23. The Morgan fingerprint density at radius 1 is 1.20 bits per heavy atom. The number of ether oxygens (including phenoxy) is 1. The lowest BCUT2D eigenvalue weighted by Gasteiger charge is -2.33. The van der Waals surface area contributed by atoms with E-state index in [2.05, 4.69) is 11.6 Å². The van der Waals surface area contributed by atoms with Gasteiger partial charge in [0.15, 0.2) is 0 Å². The lowest BCUT2D eigenvalue weighted by molar-refractivity contribution is 0.0837. The minimum atomic E-state index is -3.66. The van der Waals surface area contributed by atoms with Crippen LogP contribution in [-0.4, -0.2) is 54.9 Å². The molecule has 1 fully saturated rings. The standard InChI is InChI=1S/C22H25N3O4S/c1-3-6-20-8-9-21(15-19(20)4-2)30(27,28)25-13-11-24(12-14-25)22(26)29-17-18-7-5-10-23-16-18/h3-10,15-16H,2,11-14,17H2,1H3/b6-3-. The molecule has 30 heavy (non-hydrogen) atoms. The molecular formula is C22H25N3O4S. The van der Waals surface area contributed by atoms with Crippen LogP contribution in [0.15, 0.2) is 60.3 Å². The van der Waals surface area contributed by atoms with E-state index >= 15 is 0 Å². The quantitative estimate of drug-likeness (QED) is 0.706. The first kappa shape index (κ1) is 21.7. The number of pyridine rings is 1. The smallest absolute Gasteiger partial charge is 0.410 e. The molecule has 0 N–H and O–H groups in total. The molecule has 0 saturated carbocycles. The van der Waals surface area contributed by atoms with Gasteiger partial charge < -0.3 is 9.64 Å². The number of carbonyl (C=O) groups is 1. The summed E-state index contributed by atoms with van der Waals surface area (Å²) < 4.78 is 32.8. The molecule has 2 heterocycles. The molecule has 1 aromatic heterocycles. The zero-order valence-electron chi connectivity index (χ0n) is 16.9. The maximum atomic E-state index is 13.0. The van der Waals surface area contributed by atoms with Crippen LogP contribution in [0.4, 0.5) is 4.79 Å². The molecule has 3 rings (SSSR count). The van der Waals surface area contributed by atoms with Gasteiger partial charge in [-0.05, 0) is 36.2 Å². The molecule has 8 heteroatoms. The van der Waals surface area contributed by atoms with Crippen molar-refractivity contribution in [2.24, 2.45) is 0 Å². The maximum Gasteiger partial charge on any atom is 0.410 e. The molecule has 0 bridgehead atoms. The van der Waals surface area contributed by atoms with E-state index in [1.54, 1.807) is 42.7 Å². The molecule has 0 spiro atoms. The number of hydrogen-bond donors (Lipinski definition) is 0. The van der Waals surface area contributed by atoms with Crippen LogP contribution in [0, 0.1) is 0 Å². The Bertz CT molecular complexity index is 1030. The molecule has 158 valence electrons. The van der Waals surface area contributed by atoms with Crippen molar-refractivity contribution < 1.29 is 17.9 Å². The van der Waals surface area contributed by atoms with Crippen molar-refractivity contribution in [2.45, 2.75) is 18.4 Å². The molecule has 1 aliphatic rings. The van der Waals surface area contributed by atoms with Crippen LogP contribution in [0.5, 0.6) is 0 Å². The van der Waals surface area contributed by atoms with Crippen molar-refractivity contribution in [3.05, 3.63) is 72.1 Å². The SMILES string of the molecule is C=Cc1cc(S(=O)(=O)N2CCN(C(=O)OCc3cccnc3)CC2)ccc1/C=C\C. The Morgan fingerprint density at radius 3 is 2.60 bits per heavy atom. The summed E-state index contributed by atoms with van der Waals surface area (Å²) in [5, 5.41) is 0. The fourth-order valence-electron chi connectivity index (χ4n) is 3.20. The van der Waals surface area contributed by atoms with Crippen molar-refractivity contribution >= 4 is 28.3 Å². The minimum absolute atomic E-state index is 0.133. The van der Waals surface area contributed by atoms with Crippen LogP contribution >= 0.6 is 0 Å². The third-order valence-electron chi connectivity index (χ3n) is 4.84.